The molecule has 0 aromatic heterocycles. The summed E-state index contributed by atoms with van der Waals surface area (Å²) in [6.45, 7) is 2.14. The number of hydrogen-bond acceptors (Lipinski definition) is 4. The van der Waals surface area contributed by atoms with Gasteiger partial charge in [-0.2, -0.15) is 5.26 Å². The van der Waals surface area contributed by atoms with Crippen molar-refractivity contribution >= 4 is 9.84 Å². The van der Waals surface area contributed by atoms with E-state index >= 15 is 0 Å². The van der Waals surface area contributed by atoms with Crippen LogP contribution in [0.5, 0.6) is 0 Å². The summed E-state index contributed by atoms with van der Waals surface area (Å²) in [5, 5.41) is 19.3. The first-order valence-corrected chi connectivity index (χ1v) is 8.57. The maximum Gasteiger partial charge on any atom is 0.152 e. The van der Waals surface area contributed by atoms with Crippen LogP contribution in [0, 0.1) is 16.7 Å². The molecule has 0 bridgehead atoms. The van der Waals surface area contributed by atoms with E-state index in [1.54, 1.807) is 0 Å². The summed E-state index contributed by atoms with van der Waals surface area (Å²) in [5.41, 5.74) is -1.05. The minimum Gasteiger partial charge on any atom is -0.391 e. The summed E-state index contributed by atoms with van der Waals surface area (Å²) in [7, 11) is -3.13. The fourth-order valence-electron chi connectivity index (χ4n) is 2.52. The summed E-state index contributed by atoms with van der Waals surface area (Å²) < 4.78 is 22.9. The Hall–Kier alpha value is -0.600. The Morgan fingerprint density at radius 1 is 1.33 bits per heavy atom. The summed E-state index contributed by atoms with van der Waals surface area (Å²) in [6.07, 6.45) is 5.41. The molecule has 104 valence electrons. The third-order valence-electron chi connectivity index (χ3n) is 3.78. The summed E-state index contributed by atoms with van der Waals surface area (Å²) in [5.74, 6) is -0.139. The maximum atomic E-state index is 11.5. The van der Waals surface area contributed by atoms with Gasteiger partial charge in [0.2, 0.25) is 0 Å². The molecule has 1 saturated heterocycles. The van der Waals surface area contributed by atoms with Gasteiger partial charge in [0.05, 0.1) is 29.1 Å². The largest absolute Gasteiger partial charge is 0.391 e. The number of hydrogen-bond donors (Lipinski definition) is 1. The molecule has 0 saturated carbocycles. The molecule has 0 amide bonds. The zero-order chi connectivity index (χ0) is 13.6. The van der Waals surface area contributed by atoms with Crippen LogP contribution in [0.2, 0.25) is 0 Å². The van der Waals surface area contributed by atoms with E-state index in [9.17, 15) is 18.8 Å². The molecule has 18 heavy (non-hydrogen) atoms. The monoisotopic (exact) mass is 273 g/mol. The van der Waals surface area contributed by atoms with Crippen molar-refractivity contribution in [2.24, 2.45) is 5.41 Å². The van der Waals surface area contributed by atoms with Crippen molar-refractivity contribution in [1.29, 1.82) is 5.26 Å². The van der Waals surface area contributed by atoms with E-state index in [0.717, 1.165) is 19.3 Å². The molecule has 0 spiro atoms. The average Bonchev–Trinajstić information content (AvgIpc) is 2.66. The molecule has 0 aromatic carbocycles. The molecule has 1 N–H and O–H groups in total. The fourth-order valence-corrected chi connectivity index (χ4v) is 4.52. The van der Waals surface area contributed by atoms with E-state index in [2.05, 4.69) is 13.0 Å². The number of nitrogens with zero attached hydrogens (tertiary/aromatic N) is 1. The minimum absolute atomic E-state index is 0.0352. The Labute approximate surface area is 110 Å². The van der Waals surface area contributed by atoms with Crippen molar-refractivity contribution in [3.63, 3.8) is 0 Å². The number of aliphatic hydroxyl groups excluding tert-OH is 1. The second-order valence-electron chi connectivity index (χ2n) is 5.33. The highest BCUT2D eigenvalue weighted by atomic mass is 32.2. The second kappa shape index (κ2) is 6.53. The van der Waals surface area contributed by atoms with Gasteiger partial charge in [0.1, 0.15) is 0 Å². The van der Waals surface area contributed by atoms with Gasteiger partial charge >= 0.3 is 0 Å². The lowest BCUT2D eigenvalue weighted by Gasteiger charge is -2.25. The lowest BCUT2D eigenvalue weighted by Crippen LogP contribution is -2.35. The minimum atomic E-state index is -3.13. The van der Waals surface area contributed by atoms with Crippen LogP contribution >= 0.6 is 0 Å². The topological polar surface area (TPSA) is 78.2 Å². The third kappa shape index (κ3) is 3.96. The molecule has 0 aliphatic carbocycles. The Morgan fingerprint density at radius 3 is 2.50 bits per heavy atom. The highest BCUT2D eigenvalue weighted by molar-refractivity contribution is 7.91. The number of sulfone groups is 1. The second-order valence-corrected chi connectivity index (χ2v) is 7.51. The smallest absolute Gasteiger partial charge is 0.152 e. The van der Waals surface area contributed by atoms with Crippen LogP contribution in [0.3, 0.4) is 0 Å². The van der Waals surface area contributed by atoms with Crippen LogP contribution in [0.1, 0.15) is 51.9 Å². The van der Waals surface area contributed by atoms with E-state index in [-0.39, 0.29) is 17.9 Å². The number of nitriles is 1. The molecule has 0 radical (unpaired) electrons. The first-order chi connectivity index (χ1) is 8.46. The molecule has 0 aromatic rings. The van der Waals surface area contributed by atoms with Crippen molar-refractivity contribution in [3.05, 3.63) is 0 Å². The van der Waals surface area contributed by atoms with Crippen LogP contribution in [-0.4, -0.2) is 31.1 Å². The van der Waals surface area contributed by atoms with Crippen molar-refractivity contribution in [1.82, 2.24) is 0 Å². The van der Waals surface area contributed by atoms with Crippen molar-refractivity contribution in [3.8, 4) is 6.07 Å². The van der Waals surface area contributed by atoms with Gasteiger partial charge in [-0.3, -0.25) is 0 Å². The molecular weight excluding hydrogens is 250 g/mol. The van der Waals surface area contributed by atoms with Crippen LogP contribution in [0.4, 0.5) is 0 Å². The molecule has 1 rings (SSSR count). The third-order valence-corrected chi connectivity index (χ3v) is 5.56. The van der Waals surface area contributed by atoms with E-state index in [1.807, 2.05) is 0 Å². The first kappa shape index (κ1) is 15.5. The SMILES string of the molecule is CCCCCCCC(O)C1(C#N)CCS(=O)(=O)C1. The summed E-state index contributed by atoms with van der Waals surface area (Å²) >= 11 is 0. The zero-order valence-electron chi connectivity index (χ0n) is 11.1. The van der Waals surface area contributed by atoms with E-state index in [1.165, 1.54) is 12.8 Å². The van der Waals surface area contributed by atoms with Gasteiger partial charge in [-0.15, -0.1) is 0 Å². The van der Waals surface area contributed by atoms with Gasteiger partial charge in [0, 0.05) is 0 Å². The van der Waals surface area contributed by atoms with Gasteiger partial charge in [0.15, 0.2) is 9.84 Å². The number of unbranched alkanes of at least 4 members (excludes halogenated alkanes) is 4. The van der Waals surface area contributed by atoms with Crippen LogP contribution in [-0.2, 0) is 9.84 Å². The Balaban J connectivity index is 2.44. The molecule has 1 fully saturated rings. The van der Waals surface area contributed by atoms with Crippen LogP contribution < -0.4 is 0 Å². The standard InChI is InChI=1S/C13H23NO3S/c1-2-3-4-5-6-7-12(15)13(10-14)8-9-18(16,17)11-13/h12,15H,2-9,11H2,1H3. The van der Waals surface area contributed by atoms with Crippen molar-refractivity contribution in [2.75, 3.05) is 11.5 Å². The van der Waals surface area contributed by atoms with E-state index < -0.39 is 21.4 Å². The highest BCUT2D eigenvalue weighted by Gasteiger charge is 2.47. The van der Waals surface area contributed by atoms with Crippen molar-refractivity contribution in [2.45, 2.75) is 58.0 Å². The molecule has 1 aliphatic rings. The predicted molar refractivity (Wildman–Crippen MR) is 70.7 cm³/mol. The molecule has 1 aliphatic heterocycles. The zero-order valence-corrected chi connectivity index (χ0v) is 11.9. The van der Waals surface area contributed by atoms with Crippen LogP contribution in [0.25, 0.3) is 0 Å². The first-order valence-electron chi connectivity index (χ1n) is 6.75. The highest BCUT2D eigenvalue weighted by Crippen LogP contribution is 2.37. The molecule has 4 nitrogen and oxygen atoms in total. The van der Waals surface area contributed by atoms with Gasteiger partial charge in [0.25, 0.3) is 0 Å². The van der Waals surface area contributed by atoms with E-state index in [0.29, 0.717) is 6.42 Å². The van der Waals surface area contributed by atoms with Gasteiger partial charge in [-0.25, -0.2) is 8.42 Å². The molecular formula is C13H23NO3S. The average molecular weight is 273 g/mol. The lowest BCUT2D eigenvalue weighted by atomic mass is 9.81. The van der Waals surface area contributed by atoms with Gasteiger partial charge < -0.3 is 5.11 Å². The Bertz CT molecular complexity index is 399. The van der Waals surface area contributed by atoms with Gasteiger partial charge in [-0.1, -0.05) is 39.0 Å². The fraction of sp³-hybridized carbons (Fsp3) is 0.923. The quantitative estimate of drug-likeness (QED) is 0.720. The van der Waals surface area contributed by atoms with Crippen LogP contribution in [0.15, 0.2) is 0 Å². The summed E-state index contributed by atoms with van der Waals surface area (Å²) in [6, 6.07) is 2.06. The number of rotatable bonds is 7. The molecule has 5 heteroatoms. The maximum absolute atomic E-state index is 11.5. The van der Waals surface area contributed by atoms with E-state index in [4.69, 9.17) is 0 Å². The predicted octanol–water partition coefficient (Wildman–Crippen LogP) is 2.04. The Morgan fingerprint density at radius 2 is 2.00 bits per heavy atom. The lowest BCUT2D eigenvalue weighted by molar-refractivity contribution is 0.0689. The normalized spacial score (nSPS) is 27.8. The Kier molecular flexibility index (Phi) is 5.61. The molecule has 1 heterocycles. The molecule has 2 unspecified atom stereocenters. The van der Waals surface area contributed by atoms with Gasteiger partial charge in [-0.05, 0) is 12.8 Å². The van der Waals surface area contributed by atoms with Crippen molar-refractivity contribution < 1.29 is 13.5 Å². The summed E-state index contributed by atoms with van der Waals surface area (Å²) in [4.78, 5) is 0. The number of aliphatic hydroxyl groups is 1. The molecule has 2 atom stereocenters.